The fraction of sp³-hybridized carbons (Fsp3) is 0.520. The maximum absolute atomic E-state index is 15.3. The van der Waals surface area contributed by atoms with E-state index in [0.717, 1.165) is 21.6 Å². The fourth-order valence-corrected chi connectivity index (χ4v) is 14.7. The van der Waals surface area contributed by atoms with E-state index in [4.69, 9.17) is 22.6 Å². The second kappa shape index (κ2) is 47.6. The van der Waals surface area contributed by atoms with Crippen molar-refractivity contribution in [3.05, 3.63) is 95.7 Å². The highest BCUT2D eigenvalue weighted by Crippen LogP contribution is 2.25. The number of para-hydroxylation sites is 1. The number of guanidine groups is 1. The largest absolute Gasteiger partial charge is 0.508 e. The summed E-state index contributed by atoms with van der Waals surface area (Å²) in [6.07, 6.45) is -0.725. The number of aromatic hydroxyl groups is 2. The number of hydrogen-bond donors (Lipinski definition) is 25. The molecule has 14 unspecified atom stereocenters. The molecule has 3 heterocycles. The summed E-state index contributed by atoms with van der Waals surface area (Å²) in [7, 11) is 1.60. The van der Waals surface area contributed by atoms with Gasteiger partial charge >= 0.3 is 0 Å². The first kappa shape index (κ1) is 94.5. The summed E-state index contributed by atoms with van der Waals surface area (Å²) >= 11 is 0. The number of H-pyrrole nitrogens is 1. The van der Waals surface area contributed by atoms with Crippen LogP contribution in [0.3, 0.4) is 0 Å². The lowest BCUT2D eigenvalue weighted by molar-refractivity contribution is -0.137. The van der Waals surface area contributed by atoms with E-state index < -0.39 is 242 Å². The number of phenols is 2. The number of carbonyl (C=O) groups excluding carboxylic acids is 15. The molecule has 2 bridgehead atoms. The molecule has 4 aromatic rings. The fourth-order valence-electron chi connectivity index (χ4n) is 12.4. The number of fused-ring (bicyclic) bond motifs is 6. The van der Waals surface area contributed by atoms with Crippen molar-refractivity contribution in [3.63, 3.8) is 0 Å². The van der Waals surface area contributed by atoms with Crippen LogP contribution < -0.4 is 97.0 Å². The van der Waals surface area contributed by atoms with Gasteiger partial charge in [0, 0.05) is 60.8 Å². The molecule has 0 radical (unpaired) electrons. The van der Waals surface area contributed by atoms with E-state index in [-0.39, 0.29) is 82.4 Å². The highest BCUT2D eigenvalue weighted by atomic mass is 33.1. The second-order valence-corrected chi connectivity index (χ2v) is 31.3. The number of nitrogens with two attached hydrogens (primary N) is 3. The van der Waals surface area contributed by atoms with Crippen LogP contribution in [0, 0.1) is 17.2 Å². The molecule has 2 fully saturated rings. The number of primary amides is 1. The Bertz CT molecular complexity index is 4120. The van der Waals surface area contributed by atoms with Gasteiger partial charge in [-0.15, -0.1) is 0 Å². The Kier molecular flexibility index (Phi) is 38.5. The van der Waals surface area contributed by atoms with E-state index in [1.807, 2.05) is 0 Å². The Morgan fingerprint density at radius 1 is 0.487 bits per heavy atom. The Hall–Kier alpha value is -11.3. The normalized spacial score (nSPS) is 24.6. The molecule has 28 N–H and O–H groups in total. The number of unbranched alkanes of at least 4 members (excludes halogenated alkanes) is 1. The van der Waals surface area contributed by atoms with Gasteiger partial charge in [-0.25, -0.2) is 0 Å². The molecule has 6 rings (SSSR count). The highest BCUT2D eigenvalue weighted by molar-refractivity contribution is 8.76. The lowest BCUT2D eigenvalue weighted by Gasteiger charge is -2.29. The maximum Gasteiger partial charge on any atom is 0.245 e. The van der Waals surface area contributed by atoms with Gasteiger partial charge < -0.3 is 127 Å². The number of nitrogens with one attached hydrogen (secondary N) is 17. The lowest BCUT2D eigenvalue weighted by atomic mass is 9.97. The third kappa shape index (κ3) is 30.7. The van der Waals surface area contributed by atoms with Crippen LogP contribution >= 0.6 is 21.6 Å². The van der Waals surface area contributed by atoms with Crippen LogP contribution in [0.15, 0.2) is 79.0 Å². The summed E-state index contributed by atoms with van der Waals surface area (Å²) in [4.78, 5) is 222. The minimum absolute atomic E-state index is 0.0439. The molecule has 15 amide bonds. The predicted molar refractivity (Wildman–Crippen MR) is 429 cm³/mol. The Labute approximate surface area is 681 Å². The van der Waals surface area contributed by atoms with Crippen molar-refractivity contribution in [3.8, 4) is 11.5 Å². The number of rotatable bonds is 24. The highest BCUT2D eigenvalue weighted by Gasteiger charge is 2.40. The van der Waals surface area contributed by atoms with Crippen molar-refractivity contribution in [2.45, 2.75) is 183 Å². The number of aromatic nitrogens is 1. The third-order valence-corrected chi connectivity index (χ3v) is 21.5. The van der Waals surface area contributed by atoms with Crippen molar-refractivity contribution < 1.29 is 97.5 Å². The quantitative estimate of drug-likeness (QED) is 0.0134. The number of aliphatic hydroxyl groups excluding tert-OH is 3. The van der Waals surface area contributed by atoms with Crippen LogP contribution in [0.2, 0.25) is 0 Å². The minimum Gasteiger partial charge on any atom is -0.508 e. The number of benzene rings is 3. The summed E-state index contributed by atoms with van der Waals surface area (Å²) in [6, 6.07) is -4.80. The number of phenolic OH excluding ortho intramolecular Hbond substituents is 2. The van der Waals surface area contributed by atoms with Gasteiger partial charge in [0.1, 0.15) is 90.0 Å². The first-order chi connectivity index (χ1) is 55.7. The zero-order valence-corrected chi connectivity index (χ0v) is 66.8. The molecule has 0 saturated carbocycles. The number of hydrogen-bond acceptors (Lipinski definition) is 24. The van der Waals surface area contributed by atoms with E-state index in [1.54, 1.807) is 58.2 Å². The summed E-state index contributed by atoms with van der Waals surface area (Å²) in [5.74, 6) is -19.4. The van der Waals surface area contributed by atoms with Gasteiger partial charge in [-0.05, 0) is 110 Å². The van der Waals surface area contributed by atoms with E-state index in [0.29, 0.717) is 27.6 Å². The number of carbonyl (C=O) groups is 15. The smallest absolute Gasteiger partial charge is 0.245 e. The molecule has 40 nitrogen and oxygen atoms in total. The number of aliphatic hydroxyl groups is 3. The Balaban J connectivity index is 1.53. The van der Waals surface area contributed by atoms with Crippen molar-refractivity contribution in [1.29, 1.82) is 5.41 Å². The van der Waals surface area contributed by atoms with Gasteiger partial charge in [-0.3, -0.25) is 77.3 Å². The number of aromatic amines is 1. The van der Waals surface area contributed by atoms with Crippen LogP contribution in [0.5, 0.6) is 11.5 Å². The average molecular weight is 1670 g/mol. The molecule has 117 heavy (non-hydrogen) atoms. The van der Waals surface area contributed by atoms with E-state index in [1.165, 1.54) is 48.5 Å². The van der Waals surface area contributed by atoms with Crippen LogP contribution in [0.4, 0.5) is 0 Å². The molecule has 2 aliphatic heterocycles. The monoisotopic (exact) mass is 1670 g/mol. The molecule has 3 aromatic carbocycles. The summed E-state index contributed by atoms with van der Waals surface area (Å²) in [6.45, 7) is 2.28. The van der Waals surface area contributed by atoms with Gasteiger partial charge in [-0.2, -0.15) is 0 Å². The molecular weight excluding hydrogens is 1570 g/mol. The van der Waals surface area contributed by atoms with E-state index in [9.17, 15) is 83.1 Å². The molecule has 1 aromatic heterocycles. The van der Waals surface area contributed by atoms with Crippen LogP contribution in [-0.2, 0) is 91.2 Å². The molecule has 640 valence electrons. The first-order valence-electron chi connectivity index (χ1n) is 38.2. The zero-order valence-electron chi connectivity index (χ0n) is 65.2. The summed E-state index contributed by atoms with van der Waals surface area (Å²) in [5.41, 5.74) is 18.7. The zero-order chi connectivity index (χ0) is 86.0. The van der Waals surface area contributed by atoms with Crippen LogP contribution in [0.1, 0.15) is 102 Å². The topological polar surface area (TPSA) is 655 Å². The standard InChI is InChI=1S/C75H108N20O20S2/c1-5-39(4)61-74(115)89-53(30-42-31-81-46-12-7-6-11-45(42)46)69(110)91-54(33-96)71(112)85-49(23-24-59(77)101)65(106)88-51(28-40-15-19-43(99)20-16-40)67(108)86-50(27-38(2)3)66(107)94-58-37-117-116-36-57(62(103)82-32-60(102)95-61)93-64(105)48(14-10-26-80-75(78)79)83-70(111)55(34-97)92-72(113)56(35-98)90-68(109)52(29-41-17-21-44(100)22-18-41)87-63(104)47(84-73(58)114)13-8-9-25-76/h6-7,11-12,15-22,31,38-39,47-58,61,81,96-100H,5,8-10,13-14,23-30,32-37,76H2,1-4H3,(H2,77,101)(H,82,103)(H,83,111)(H,84,114)(H,85,112)(H,86,108)(H,87,104)(H,88,106)(H,89,115)(H,90,109)(H,91,110)(H,92,113)(H,93,105)(H,94,107)(H,95,102)(H4,78,79,80). The molecule has 42 heteroatoms. The molecule has 14 atom stereocenters. The Morgan fingerprint density at radius 2 is 0.897 bits per heavy atom. The number of amides is 15. The van der Waals surface area contributed by atoms with E-state index in [2.05, 4.69) is 84.7 Å². The average Bonchev–Trinajstić information content (AvgIpc) is 1.72. The predicted octanol–water partition coefficient (Wildman–Crippen LogP) is -5.84. The molecular formula is C75H108N20O20S2. The maximum atomic E-state index is 15.3. The van der Waals surface area contributed by atoms with Crippen LogP contribution in [-0.4, -0.2) is 255 Å². The van der Waals surface area contributed by atoms with Crippen LogP contribution in [0.25, 0.3) is 10.9 Å². The second-order valence-electron chi connectivity index (χ2n) is 28.7. The van der Waals surface area contributed by atoms with Gasteiger partial charge in [0.15, 0.2) is 5.96 Å². The van der Waals surface area contributed by atoms with Crippen molar-refractivity contribution >= 4 is 127 Å². The van der Waals surface area contributed by atoms with Gasteiger partial charge in [0.05, 0.1) is 26.4 Å². The first-order valence-corrected chi connectivity index (χ1v) is 40.7. The van der Waals surface area contributed by atoms with Gasteiger partial charge in [0.25, 0.3) is 0 Å². The minimum atomic E-state index is -1.94. The van der Waals surface area contributed by atoms with Gasteiger partial charge in [-0.1, -0.05) is 98.2 Å². The van der Waals surface area contributed by atoms with E-state index >= 15 is 14.4 Å². The van der Waals surface area contributed by atoms with Crippen molar-refractivity contribution in [1.82, 2.24) is 84.7 Å². The molecule has 0 aliphatic carbocycles. The Morgan fingerprint density at radius 3 is 1.38 bits per heavy atom. The summed E-state index contributed by atoms with van der Waals surface area (Å²) in [5, 5.41) is 98.6. The van der Waals surface area contributed by atoms with Crippen molar-refractivity contribution in [2.75, 3.05) is 51.0 Å². The SMILES string of the molecule is CCC(C)C1NC(=O)CNC(=O)C2CSSCC(NC(=O)C(CC(C)C)NC(=O)C(Cc3ccc(O)cc3)NC(=O)C(CCC(N)=O)NC(=O)C(CO)NC(=O)C(Cc3c[nH]c4ccccc34)NC1=O)C(=O)NC(CCCCN)C(=O)NC(Cc1ccc(O)cc1)C(=O)NC(CO)C(=O)NC(CO)C(=O)NC(CCCNC(=N)N)C(=O)N2. The molecule has 2 saturated heterocycles. The summed E-state index contributed by atoms with van der Waals surface area (Å²) < 4.78 is 0. The van der Waals surface area contributed by atoms with Gasteiger partial charge in [0.2, 0.25) is 88.6 Å². The molecule has 0 spiro atoms. The van der Waals surface area contributed by atoms with Crippen molar-refractivity contribution in [2.24, 2.45) is 29.0 Å². The third-order valence-electron chi connectivity index (χ3n) is 19.1. The lowest BCUT2D eigenvalue weighted by Crippen LogP contribution is -2.62. The molecule has 2 aliphatic rings.